The molecule has 1 aliphatic rings. The van der Waals surface area contributed by atoms with Crippen LogP contribution in [0, 0.1) is 0 Å². The Kier molecular flexibility index (Phi) is 10.9. The third kappa shape index (κ3) is 8.83. The summed E-state index contributed by atoms with van der Waals surface area (Å²) in [5.74, 6) is 0.0226. The lowest BCUT2D eigenvalue weighted by Gasteiger charge is -2.29. The zero-order valence-corrected chi connectivity index (χ0v) is 25.2. The third-order valence-electron chi connectivity index (χ3n) is 6.79. The molecule has 41 heavy (non-hydrogen) atoms. The van der Waals surface area contributed by atoms with E-state index in [0.717, 1.165) is 17.5 Å². The summed E-state index contributed by atoms with van der Waals surface area (Å²) in [6.07, 6.45) is 0.788. The van der Waals surface area contributed by atoms with Crippen molar-refractivity contribution in [1.82, 2.24) is 10.6 Å². The Morgan fingerprint density at radius 3 is 2.44 bits per heavy atom. The lowest BCUT2D eigenvalue weighted by atomic mass is 10.00. The SMILES string of the molecule is CCOc1cc(C(=O)N[C@@H](Cc2ccccc2)[C@H](O)CNCc2cc(Cl)cc(Cl)c2)cc(N2CCCCS2(=O)=O)c1. The highest BCUT2D eigenvalue weighted by Gasteiger charge is 2.28. The fraction of sp³-hybridized carbons (Fsp3) is 0.367. The number of amides is 1. The fourth-order valence-electron chi connectivity index (χ4n) is 4.81. The highest BCUT2D eigenvalue weighted by atomic mass is 35.5. The molecular weight excluding hydrogens is 585 g/mol. The van der Waals surface area contributed by atoms with Gasteiger partial charge in [0.25, 0.3) is 5.91 Å². The zero-order chi connectivity index (χ0) is 29.4. The molecule has 1 fully saturated rings. The summed E-state index contributed by atoms with van der Waals surface area (Å²) >= 11 is 12.2. The number of rotatable bonds is 12. The zero-order valence-electron chi connectivity index (χ0n) is 22.9. The number of hydrogen-bond donors (Lipinski definition) is 3. The number of aliphatic hydroxyl groups is 1. The van der Waals surface area contributed by atoms with E-state index in [1.165, 1.54) is 4.31 Å². The third-order valence-corrected chi connectivity index (χ3v) is 9.09. The minimum absolute atomic E-state index is 0.0626. The summed E-state index contributed by atoms with van der Waals surface area (Å²) in [7, 11) is -3.49. The number of ether oxygens (including phenoxy) is 1. The van der Waals surface area contributed by atoms with Crippen molar-refractivity contribution in [2.24, 2.45) is 0 Å². The van der Waals surface area contributed by atoms with Crippen molar-refractivity contribution >= 4 is 44.8 Å². The molecule has 3 aromatic carbocycles. The molecule has 1 aliphatic heterocycles. The van der Waals surface area contributed by atoms with Crippen LogP contribution in [0.2, 0.25) is 10.0 Å². The summed E-state index contributed by atoms with van der Waals surface area (Å²) in [4.78, 5) is 13.6. The van der Waals surface area contributed by atoms with Crippen molar-refractivity contribution < 1.29 is 23.1 Å². The first-order chi connectivity index (χ1) is 19.6. The number of nitrogens with one attached hydrogen (secondary N) is 2. The Morgan fingerprint density at radius 1 is 1.02 bits per heavy atom. The van der Waals surface area contributed by atoms with E-state index in [1.54, 1.807) is 36.4 Å². The second kappa shape index (κ2) is 14.4. The van der Waals surface area contributed by atoms with Gasteiger partial charge in [-0.2, -0.15) is 0 Å². The molecule has 0 aliphatic carbocycles. The Bertz CT molecular complexity index is 1420. The maximum Gasteiger partial charge on any atom is 0.251 e. The number of carbonyl (C=O) groups excluding carboxylic acids is 1. The molecule has 1 saturated heterocycles. The summed E-state index contributed by atoms with van der Waals surface area (Å²) in [5, 5.41) is 18.4. The highest BCUT2D eigenvalue weighted by molar-refractivity contribution is 7.92. The second-order valence-electron chi connectivity index (χ2n) is 9.99. The van der Waals surface area contributed by atoms with Crippen LogP contribution in [-0.2, 0) is 23.0 Å². The summed E-state index contributed by atoms with van der Waals surface area (Å²) < 4.78 is 32.6. The van der Waals surface area contributed by atoms with Crippen molar-refractivity contribution in [3.63, 3.8) is 0 Å². The first-order valence-electron chi connectivity index (χ1n) is 13.6. The molecule has 0 radical (unpaired) electrons. The predicted octanol–water partition coefficient (Wildman–Crippen LogP) is 4.81. The van der Waals surface area contributed by atoms with Crippen LogP contribution in [0.15, 0.2) is 66.7 Å². The lowest BCUT2D eigenvalue weighted by molar-refractivity contribution is 0.0829. The molecule has 0 unspecified atom stereocenters. The van der Waals surface area contributed by atoms with Gasteiger partial charge in [0.2, 0.25) is 10.0 Å². The molecule has 3 N–H and O–H groups in total. The van der Waals surface area contributed by atoms with Crippen LogP contribution in [-0.4, -0.2) is 57.0 Å². The van der Waals surface area contributed by atoms with E-state index >= 15 is 0 Å². The van der Waals surface area contributed by atoms with Crippen LogP contribution < -0.4 is 19.7 Å². The lowest BCUT2D eigenvalue weighted by Crippen LogP contribution is -2.48. The van der Waals surface area contributed by atoms with Gasteiger partial charge in [0.1, 0.15) is 5.75 Å². The normalized spacial score (nSPS) is 16.1. The minimum Gasteiger partial charge on any atom is -0.494 e. The van der Waals surface area contributed by atoms with Gasteiger partial charge in [-0.1, -0.05) is 53.5 Å². The van der Waals surface area contributed by atoms with Crippen LogP contribution >= 0.6 is 23.2 Å². The van der Waals surface area contributed by atoms with Crippen LogP contribution in [0.3, 0.4) is 0 Å². The standard InChI is InChI=1S/C30H35Cl2N3O5S/c1-2-40-27-16-23(15-26(18-27)35-10-6-7-11-41(35,38)39)30(37)34-28(14-21-8-4-3-5-9-21)29(36)20-33-19-22-12-24(31)17-25(32)13-22/h3-5,8-9,12-13,15-18,28-29,33,36H,2,6-7,10-11,14,19-20H2,1H3,(H,34,37)/t28-,29+/m0/s1. The van der Waals surface area contributed by atoms with E-state index in [0.29, 0.717) is 54.0 Å². The number of anilines is 1. The topological polar surface area (TPSA) is 108 Å². The molecule has 0 aromatic heterocycles. The highest BCUT2D eigenvalue weighted by Crippen LogP contribution is 2.29. The van der Waals surface area contributed by atoms with Gasteiger partial charge in [0.05, 0.1) is 30.2 Å². The quantitative estimate of drug-likeness (QED) is 0.268. The molecule has 1 heterocycles. The van der Waals surface area contributed by atoms with Gasteiger partial charge < -0.3 is 20.5 Å². The van der Waals surface area contributed by atoms with E-state index in [9.17, 15) is 18.3 Å². The Balaban J connectivity index is 1.53. The van der Waals surface area contributed by atoms with Gasteiger partial charge in [-0.15, -0.1) is 0 Å². The summed E-state index contributed by atoms with van der Waals surface area (Å²) in [5.41, 5.74) is 2.45. The number of hydrogen-bond acceptors (Lipinski definition) is 6. The average molecular weight is 621 g/mol. The van der Waals surface area contributed by atoms with E-state index in [-0.39, 0.29) is 17.9 Å². The first kappa shape index (κ1) is 31.1. The number of carbonyl (C=O) groups is 1. The van der Waals surface area contributed by atoms with Gasteiger partial charge in [-0.25, -0.2) is 8.42 Å². The maximum absolute atomic E-state index is 13.6. The summed E-state index contributed by atoms with van der Waals surface area (Å²) in [6, 6.07) is 19.0. The Labute approximate surface area is 251 Å². The van der Waals surface area contributed by atoms with Crippen molar-refractivity contribution in [1.29, 1.82) is 0 Å². The van der Waals surface area contributed by atoms with Crippen molar-refractivity contribution in [2.45, 2.75) is 44.9 Å². The van der Waals surface area contributed by atoms with Gasteiger partial charge >= 0.3 is 0 Å². The largest absolute Gasteiger partial charge is 0.494 e. The van der Waals surface area contributed by atoms with E-state index in [2.05, 4.69) is 10.6 Å². The smallest absolute Gasteiger partial charge is 0.251 e. The molecule has 2 atom stereocenters. The van der Waals surface area contributed by atoms with Crippen LogP contribution in [0.4, 0.5) is 5.69 Å². The molecular formula is C30H35Cl2N3O5S. The number of aliphatic hydroxyl groups excluding tert-OH is 1. The average Bonchev–Trinajstić information content (AvgIpc) is 2.92. The van der Waals surface area contributed by atoms with Crippen LogP contribution in [0.5, 0.6) is 5.75 Å². The van der Waals surface area contributed by atoms with E-state index in [1.807, 2.05) is 37.3 Å². The molecule has 8 nitrogen and oxygen atoms in total. The van der Waals surface area contributed by atoms with Crippen molar-refractivity contribution in [3.8, 4) is 5.75 Å². The molecule has 4 rings (SSSR count). The molecule has 220 valence electrons. The van der Waals surface area contributed by atoms with E-state index < -0.39 is 28.1 Å². The fourth-order valence-corrected chi connectivity index (χ4v) is 7.00. The van der Waals surface area contributed by atoms with Crippen LogP contribution in [0.1, 0.15) is 41.3 Å². The van der Waals surface area contributed by atoms with Crippen LogP contribution in [0.25, 0.3) is 0 Å². The monoisotopic (exact) mass is 619 g/mol. The minimum atomic E-state index is -3.49. The molecule has 11 heteroatoms. The number of halogens is 2. The van der Waals surface area contributed by atoms with Gasteiger partial charge in [0.15, 0.2) is 0 Å². The predicted molar refractivity (Wildman–Crippen MR) is 164 cm³/mol. The molecule has 0 bridgehead atoms. The molecule has 1 amide bonds. The first-order valence-corrected chi connectivity index (χ1v) is 16.0. The second-order valence-corrected chi connectivity index (χ2v) is 12.9. The Hall–Kier alpha value is -2.82. The van der Waals surface area contributed by atoms with Gasteiger partial charge in [-0.05, 0) is 67.6 Å². The number of benzene rings is 3. The van der Waals surface area contributed by atoms with Crippen molar-refractivity contribution in [3.05, 3.63) is 93.5 Å². The molecule has 0 saturated carbocycles. The summed E-state index contributed by atoms with van der Waals surface area (Å²) in [6.45, 7) is 3.14. The maximum atomic E-state index is 13.6. The van der Waals surface area contributed by atoms with Gasteiger partial charge in [0, 0.05) is 41.3 Å². The van der Waals surface area contributed by atoms with Gasteiger partial charge in [-0.3, -0.25) is 9.10 Å². The van der Waals surface area contributed by atoms with E-state index in [4.69, 9.17) is 27.9 Å². The molecule has 0 spiro atoms. The Morgan fingerprint density at radius 2 is 1.76 bits per heavy atom. The number of sulfonamides is 1. The van der Waals surface area contributed by atoms with Crippen molar-refractivity contribution in [2.75, 3.05) is 29.8 Å². The number of nitrogens with zero attached hydrogens (tertiary/aromatic N) is 1. The molecule has 3 aromatic rings.